The molecule has 6 nitrogen and oxygen atoms in total. The van der Waals surface area contributed by atoms with E-state index in [2.05, 4.69) is 32.9 Å². The third-order valence-corrected chi connectivity index (χ3v) is 13.4. The van der Waals surface area contributed by atoms with E-state index in [-0.39, 0.29) is 22.8 Å². The molecule has 10 heteroatoms. The quantitative estimate of drug-likeness (QED) is 0.0984. The molecule has 1 atom stereocenters. The average molecular weight is 920 g/mol. The third kappa shape index (κ3) is 10.2. The number of rotatable bonds is 4. The molecule has 64 heavy (non-hydrogen) atoms. The van der Waals surface area contributed by atoms with Crippen LogP contribution in [0.2, 0.25) is 10.0 Å². The fourth-order valence-electron chi connectivity index (χ4n) is 7.18. The zero-order valence-electron chi connectivity index (χ0n) is 35.0. The topological polar surface area (TPSA) is 102 Å². The molecule has 0 saturated heterocycles. The Balaban J connectivity index is 0.000000128. The second kappa shape index (κ2) is 20.5. The molecule has 318 valence electrons. The number of benzene rings is 7. The van der Waals surface area contributed by atoms with Crippen LogP contribution in [0.1, 0.15) is 102 Å². The Kier molecular flexibility index (Phi) is 14.6. The van der Waals surface area contributed by atoms with E-state index in [1.165, 1.54) is 5.56 Å². The normalized spacial score (nSPS) is 13.5. The van der Waals surface area contributed by atoms with E-state index in [0.29, 0.717) is 61.0 Å². The van der Waals surface area contributed by atoms with Gasteiger partial charge in [-0.05, 0) is 60.0 Å². The van der Waals surface area contributed by atoms with Gasteiger partial charge >= 0.3 is 0 Å². The average Bonchev–Trinajstić information content (AvgIpc) is 3.31. The molecule has 2 aliphatic rings. The summed E-state index contributed by atoms with van der Waals surface area (Å²) in [4.78, 5) is 73.1. The van der Waals surface area contributed by atoms with Crippen molar-refractivity contribution in [3.8, 4) is 0 Å². The number of thioether (sulfide) groups is 1. The van der Waals surface area contributed by atoms with Crippen LogP contribution in [0, 0.1) is 0 Å². The lowest BCUT2D eigenvalue weighted by molar-refractivity contribution is 0.0817. The van der Waals surface area contributed by atoms with Gasteiger partial charge in [-0.2, -0.15) is 0 Å². The van der Waals surface area contributed by atoms with Gasteiger partial charge in [-0.1, -0.05) is 159 Å². The number of ketones is 5. The van der Waals surface area contributed by atoms with E-state index in [9.17, 15) is 28.8 Å². The van der Waals surface area contributed by atoms with Crippen molar-refractivity contribution in [2.24, 2.45) is 0 Å². The lowest BCUT2D eigenvalue weighted by Crippen LogP contribution is -2.21. The van der Waals surface area contributed by atoms with Gasteiger partial charge in [-0.15, -0.1) is 23.1 Å². The van der Waals surface area contributed by atoms with Gasteiger partial charge in [0.15, 0.2) is 22.8 Å². The second-order valence-corrected chi connectivity index (χ2v) is 18.7. The predicted octanol–water partition coefficient (Wildman–Crippen LogP) is 13.8. The molecule has 0 spiro atoms. The first kappa shape index (κ1) is 45.7. The first-order chi connectivity index (χ1) is 30.8. The van der Waals surface area contributed by atoms with Gasteiger partial charge in [0.25, 0.3) is 0 Å². The Labute approximate surface area is 388 Å². The molecular weight excluding hydrogens is 880 g/mol. The maximum atomic E-state index is 12.5. The Morgan fingerprint density at radius 1 is 0.562 bits per heavy atom. The van der Waals surface area contributed by atoms with E-state index in [1.54, 1.807) is 120 Å². The molecule has 1 unspecified atom stereocenters. The van der Waals surface area contributed by atoms with Crippen molar-refractivity contribution in [3.05, 3.63) is 229 Å². The van der Waals surface area contributed by atoms with Gasteiger partial charge in [0.2, 0.25) is 11.6 Å². The molecule has 8 aromatic rings. The minimum Gasteiger partial charge on any atom is -0.294 e. The molecule has 2 heterocycles. The van der Waals surface area contributed by atoms with Crippen LogP contribution >= 0.6 is 46.3 Å². The summed E-state index contributed by atoms with van der Waals surface area (Å²) in [6.07, 6.45) is 0.623. The minimum atomic E-state index is -0.466. The fraction of sp³-hybridized carbons (Fsp3) is 0.111. The number of Topliss-reactive ketones (excluding diaryl/α,β-unsaturated/α-hetero) is 3. The molecule has 0 radical (unpaired) electrons. The molecule has 1 aliphatic carbocycles. The highest BCUT2D eigenvalue weighted by molar-refractivity contribution is 8.00. The van der Waals surface area contributed by atoms with Crippen LogP contribution in [-0.2, 0) is 0 Å². The third-order valence-electron chi connectivity index (χ3n) is 10.5. The lowest BCUT2D eigenvalue weighted by Gasteiger charge is -2.19. The molecule has 0 bridgehead atoms. The predicted molar refractivity (Wildman–Crippen MR) is 262 cm³/mol. The van der Waals surface area contributed by atoms with Crippen molar-refractivity contribution in [1.82, 2.24) is 0 Å². The summed E-state index contributed by atoms with van der Waals surface area (Å²) in [5, 5.41) is 3.04. The van der Waals surface area contributed by atoms with E-state index >= 15 is 0 Å². The van der Waals surface area contributed by atoms with Gasteiger partial charge < -0.3 is 0 Å². The van der Waals surface area contributed by atoms with Gasteiger partial charge in [-0.3, -0.25) is 28.8 Å². The van der Waals surface area contributed by atoms with Crippen molar-refractivity contribution in [2.75, 3.05) is 0 Å². The van der Waals surface area contributed by atoms with Crippen LogP contribution in [-0.4, -0.2) is 34.2 Å². The van der Waals surface area contributed by atoms with Crippen molar-refractivity contribution < 1.29 is 24.0 Å². The van der Waals surface area contributed by atoms with Gasteiger partial charge in [-0.25, -0.2) is 0 Å². The molecular formula is C54H40Cl2O6S2. The summed E-state index contributed by atoms with van der Waals surface area (Å²) in [5.74, 6) is -0.592. The van der Waals surface area contributed by atoms with Crippen molar-refractivity contribution >= 4 is 95.4 Å². The van der Waals surface area contributed by atoms with Crippen LogP contribution in [0.4, 0.5) is 0 Å². The van der Waals surface area contributed by atoms with Crippen LogP contribution in [0.5, 0.6) is 0 Å². The highest BCUT2D eigenvalue weighted by Crippen LogP contribution is 2.36. The SMILES string of the molecule is CC(C)c1ccc2sc3ccccc3c(=O)c2c1.CC1CC(=O)c2cc(Cl)ccc2S1.O=C(C(=O)c1ccccc1)c1ccccc1.O=C1c2ccccc2C(=O)c2c(Cl)cccc21. The molecule has 0 saturated carbocycles. The van der Waals surface area contributed by atoms with Crippen molar-refractivity contribution in [3.63, 3.8) is 0 Å². The summed E-state index contributed by atoms with van der Waals surface area (Å²) in [6, 6.07) is 48.5. The van der Waals surface area contributed by atoms with E-state index in [4.69, 9.17) is 23.2 Å². The number of halogens is 2. The maximum absolute atomic E-state index is 12.5. The highest BCUT2D eigenvalue weighted by atomic mass is 35.5. The summed E-state index contributed by atoms with van der Waals surface area (Å²) >= 11 is 15.2. The van der Waals surface area contributed by atoms with Crippen LogP contribution in [0.15, 0.2) is 173 Å². The summed E-state index contributed by atoms with van der Waals surface area (Å²) in [6.45, 7) is 6.37. The number of carbonyl (C=O) groups is 5. The van der Waals surface area contributed by atoms with Crippen molar-refractivity contribution in [1.29, 1.82) is 0 Å². The first-order valence-corrected chi connectivity index (χ1v) is 22.9. The van der Waals surface area contributed by atoms with Crippen LogP contribution < -0.4 is 5.43 Å². The summed E-state index contributed by atoms with van der Waals surface area (Å²) in [5.41, 5.74) is 4.61. The van der Waals surface area contributed by atoms with Crippen LogP contribution in [0.3, 0.4) is 0 Å². The molecule has 7 aromatic carbocycles. The Hall–Kier alpha value is -6.29. The van der Waals surface area contributed by atoms with Crippen LogP contribution in [0.25, 0.3) is 20.2 Å². The smallest absolute Gasteiger partial charge is 0.233 e. The van der Waals surface area contributed by atoms with E-state index < -0.39 is 11.6 Å². The zero-order valence-corrected chi connectivity index (χ0v) is 38.1. The molecule has 0 N–H and O–H groups in total. The number of carbonyl (C=O) groups excluding carboxylic acids is 5. The molecule has 1 aromatic heterocycles. The monoisotopic (exact) mass is 918 g/mol. The summed E-state index contributed by atoms with van der Waals surface area (Å²) < 4.78 is 2.13. The largest absolute Gasteiger partial charge is 0.294 e. The second-order valence-electron chi connectivity index (χ2n) is 15.3. The zero-order chi connectivity index (χ0) is 45.5. The van der Waals surface area contributed by atoms with E-state index in [1.807, 2.05) is 54.6 Å². The Morgan fingerprint density at radius 3 is 1.77 bits per heavy atom. The number of fused-ring (bicyclic) bond motifs is 5. The van der Waals surface area contributed by atoms with E-state index in [0.717, 1.165) is 30.6 Å². The molecule has 1 aliphatic heterocycles. The summed E-state index contributed by atoms with van der Waals surface area (Å²) in [7, 11) is 0. The standard InChI is InChI=1S/C16H14OS.C14H7ClO2.C14H10O2.C10H9ClOS/c1-10(2)11-7-8-15-13(9-11)16(17)12-5-3-4-6-14(12)18-15;15-11-7-3-6-10-12(11)14(17)9-5-2-1-4-8(9)13(10)16;15-13(11-7-3-1-4-8-11)14(16)12-9-5-2-6-10-12;1-6-4-9(12)8-5-7(11)2-3-10(8)13-6/h3-10H,1-2H3;1-7H;1-10H;2-3,5-6H,4H2,1H3. The maximum Gasteiger partial charge on any atom is 0.233 e. The molecule has 0 amide bonds. The Morgan fingerprint density at radius 2 is 1.12 bits per heavy atom. The lowest BCUT2D eigenvalue weighted by atomic mass is 9.84. The Bertz CT molecular complexity index is 3090. The highest BCUT2D eigenvalue weighted by Gasteiger charge is 2.30. The van der Waals surface area contributed by atoms with Gasteiger partial charge in [0, 0.05) is 75.1 Å². The number of hydrogen-bond acceptors (Lipinski definition) is 8. The fourth-order valence-corrected chi connectivity index (χ4v) is 9.78. The molecule has 0 fully saturated rings. The number of hydrogen-bond donors (Lipinski definition) is 0. The van der Waals surface area contributed by atoms with Gasteiger partial charge in [0.05, 0.1) is 10.6 Å². The van der Waals surface area contributed by atoms with Gasteiger partial charge in [0.1, 0.15) is 0 Å². The first-order valence-electron chi connectivity index (χ1n) is 20.4. The minimum absolute atomic E-state index is 0.141. The van der Waals surface area contributed by atoms with Crippen molar-refractivity contribution in [2.45, 2.75) is 43.3 Å². The molecule has 10 rings (SSSR count).